The fourth-order valence-electron chi connectivity index (χ4n) is 2.71. The van der Waals surface area contributed by atoms with E-state index in [4.69, 9.17) is 0 Å². The minimum Gasteiger partial charge on any atom is -0.312 e. The van der Waals surface area contributed by atoms with E-state index >= 15 is 0 Å². The first-order valence-electron chi connectivity index (χ1n) is 8.19. The Hall–Kier alpha value is -2.52. The van der Waals surface area contributed by atoms with Gasteiger partial charge in [-0.1, -0.05) is 48.5 Å². The molecule has 1 aromatic heterocycles. The van der Waals surface area contributed by atoms with Gasteiger partial charge < -0.3 is 5.32 Å². The van der Waals surface area contributed by atoms with Gasteiger partial charge in [-0.25, -0.2) is 4.39 Å². The lowest BCUT2D eigenvalue weighted by molar-refractivity contribution is 0.588. The summed E-state index contributed by atoms with van der Waals surface area (Å²) in [7, 11) is 0. The average molecular weight is 320 g/mol. The van der Waals surface area contributed by atoms with Crippen LogP contribution in [0.25, 0.3) is 11.1 Å². The van der Waals surface area contributed by atoms with E-state index in [1.54, 1.807) is 6.07 Å². The van der Waals surface area contributed by atoms with Crippen LogP contribution in [0.3, 0.4) is 0 Å². The first-order chi connectivity index (χ1) is 11.7. The van der Waals surface area contributed by atoms with Gasteiger partial charge in [-0.2, -0.15) is 0 Å². The minimum absolute atomic E-state index is 0.158. The molecule has 24 heavy (non-hydrogen) atoms. The smallest absolute Gasteiger partial charge is 0.127 e. The van der Waals surface area contributed by atoms with Gasteiger partial charge in [0.15, 0.2) is 0 Å². The Bertz CT molecular complexity index is 800. The molecular weight excluding hydrogens is 299 g/mol. The first-order valence-corrected chi connectivity index (χ1v) is 8.19. The number of pyridine rings is 1. The molecule has 1 N–H and O–H groups in total. The van der Waals surface area contributed by atoms with Crippen molar-refractivity contribution in [3.8, 4) is 11.1 Å². The molecule has 0 aliphatic carbocycles. The highest BCUT2D eigenvalue weighted by Gasteiger charge is 2.05. The molecule has 3 aromatic rings. The molecule has 0 saturated heterocycles. The monoisotopic (exact) mass is 320 g/mol. The third kappa shape index (κ3) is 4.06. The van der Waals surface area contributed by atoms with Gasteiger partial charge in [0.1, 0.15) is 5.82 Å². The Labute approximate surface area is 142 Å². The van der Waals surface area contributed by atoms with Gasteiger partial charge in [0.25, 0.3) is 0 Å². The molecule has 0 spiro atoms. The Morgan fingerprint density at radius 2 is 1.67 bits per heavy atom. The number of hydrogen-bond acceptors (Lipinski definition) is 2. The predicted octanol–water partition coefficient (Wildman–Crippen LogP) is 4.53. The molecule has 3 rings (SSSR count). The molecule has 1 heterocycles. The molecule has 2 nitrogen and oxygen atoms in total. The number of aryl methyl sites for hydroxylation is 1. The van der Waals surface area contributed by atoms with Crippen molar-refractivity contribution in [3.05, 3.63) is 89.5 Å². The van der Waals surface area contributed by atoms with Crippen LogP contribution in [0, 0.1) is 12.7 Å². The van der Waals surface area contributed by atoms with Gasteiger partial charge in [0, 0.05) is 29.6 Å². The zero-order valence-corrected chi connectivity index (χ0v) is 13.8. The number of hydrogen-bond donors (Lipinski definition) is 1. The minimum atomic E-state index is -0.158. The van der Waals surface area contributed by atoms with Crippen LogP contribution >= 0.6 is 0 Å². The number of aromatic nitrogens is 1. The quantitative estimate of drug-likeness (QED) is 0.675. The Morgan fingerprint density at radius 1 is 0.917 bits per heavy atom. The van der Waals surface area contributed by atoms with E-state index in [9.17, 15) is 4.39 Å². The van der Waals surface area contributed by atoms with E-state index in [1.165, 1.54) is 17.2 Å². The lowest BCUT2D eigenvalue weighted by Crippen LogP contribution is -2.18. The largest absolute Gasteiger partial charge is 0.312 e. The van der Waals surface area contributed by atoms with Crippen molar-refractivity contribution in [2.24, 2.45) is 0 Å². The van der Waals surface area contributed by atoms with Crippen LogP contribution in [-0.2, 0) is 13.0 Å². The maximum Gasteiger partial charge on any atom is 0.127 e. The standard InChI is InChI=1S/C21H21FN2/c1-16-18(11-12-23-14-19-9-5-6-10-21(19)22)13-20(15-24-16)17-7-3-2-4-8-17/h2-10,13,15,23H,11-12,14H2,1H3. The van der Waals surface area contributed by atoms with Gasteiger partial charge in [-0.15, -0.1) is 0 Å². The molecule has 0 bridgehead atoms. The van der Waals surface area contributed by atoms with Crippen LogP contribution < -0.4 is 5.32 Å². The predicted molar refractivity (Wildman–Crippen MR) is 96.2 cm³/mol. The summed E-state index contributed by atoms with van der Waals surface area (Å²) in [6.45, 7) is 3.35. The summed E-state index contributed by atoms with van der Waals surface area (Å²) in [6, 6.07) is 19.3. The summed E-state index contributed by atoms with van der Waals surface area (Å²) in [5.41, 5.74) is 5.26. The van der Waals surface area contributed by atoms with Crippen LogP contribution in [0.15, 0.2) is 66.9 Å². The molecule has 3 heteroatoms. The van der Waals surface area contributed by atoms with Crippen molar-refractivity contribution >= 4 is 0 Å². The molecule has 0 unspecified atom stereocenters. The third-order valence-electron chi connectivity index (χ3n) is 4.14. The maximum absolute atomic E-state index is 13.6. The number of nitrogens with one attached hydrogen (secondary N) is 1. The van der Waals surface area contributed by atoms with Crippen molar-refractivity contribution in [1.82, 2.24) is 10.3 Å². The second-order valence-corrected chi connectivity index (χ2v) is 5.85. The molecule has 0 radical (unpaired) electrons. The highest BCUT2D eigenvalue weighted by molar-refractivity contribution is 5.63. The number of nitrogens with zero attached hydrogens (tertiary/aromatic N) is 1. The van der Waals surface area contributed by atoms with E-state index in [0.717, 1.165) is 24.2 Å². The second-order valence-electron chi connectivity index (χ2n) is 5.85. The molecule has 0 atom stereocenters. The summed E-state index contributed by atoms with van der Waals surface area (Å²) in [6.07, 6.45) is 2.79. The van der Waals surface area contributed by atoms with Crippen molar-refractivity contribution < 1.29 is 4.39 Å². The fourth-order valence-corrected chi connectivity index (χ4v) is 2.71. The van der Waals surface area contributed by atoms with Crippen molar-refractivity contribution in [2.75, 3.05) is 6.54 Å². The lowest BCUT2D eigenvalue weighted by atomic mass is 10.0. The highest BCUT2D eigenvalue weighted by atomic mass is 19.1. The lowest BCUT2D eigenvalue weighted by Gasteiger charge is -2.10. The van der Waals surface area contributed by atoms with Gasteiger partial charge in [0.05, 0.1) is 0 Å². The first kappa shape index (κ1) is 16.3. The highest BCUT2D eigenvalue weighted by Crippen LogP contribution is 2.20. The van der Waals surface area contributed by atoms with E-state index < -0.39 is 0 Å². The van der Waals surface area contributed by atoms with Crippen molar-refractivity contribution in [1.29, 1.82) is 0 Å². The zero-order chi connectivity index (χ0) is 16.8. The average Bonchev–Trinajstić information content (AvgIpc) is 2.62. The van der Waals surface area contributed by atoms with E-state index in [1.807, 2.05) is 43.5 Å². The Morgan fingerprint density at radius 3 is 2.46 bits per heavy atom. The van der Waals surface area contributed by atoms with Crippen LogP contribution in [0.2, 0.25) is 0 Å². The number of benzene rings is 2. The van der Waals surface area contributed by atoms with Gasteiger partial charge in [-0.3, -0.25) is 4.98 Å². The summed E-state index contributed by atoms with van der Waals surface area (Å²) in [5, 5.41) is 3.31. The Kier molecular flexibility index (Phi) is 5.34. The van der Waals surface area contributed by atoms with E-state index in [-0.39, 0.29) is 5.82 Å². The van der Waals surface area contributed by atoms with E-state index in [2.05, 4.69) is 28.5 Å². The van der Waals surface area contributed by atoms with Crippen LogP contribution in [0.5, 0.6) is 0 Å². The molecule has 0 aliphatic rings. The number of rotatable bonds is 6. The zero-order valence-electron chi connectivity index (χ0n) is 13.8. The van der Waals surface area contributed by atoms with Crippen molar-refractivity contribution in [3.63, 3.8) is 0 Å². The Balaban J connectivity index is 1.62. The van der Waals surface area contributed by atoms with Crippen LogP contribution in [0.4, 0.5) is 4.39 Å². The fraction of sp³-hybridized carbons (Fsp3) is 0.190. The molecule has 0 fully saturated rings. The van der Waals surface area contributed by atoms with E-state index in [0.29, 0.717) is 12.1 Å². The van der Waals surface area contributed by atoms with Gasteiger partial charge in [0.2, 0.25) is 0 Å². The van der Waals surface area contributed by atoms with Crippen LogP contribution in [0.1, 0.15) is 16.8 Å². The summed E-state index contributed by atoms with van der Waals surface area (Å²) in [4.78, 5) is 4.52. The second kappa shape index (κ2) is 7.84. The normalized spacial score (nSPS) is 10.8. The third-order valence-corrected chi connectivity index (χ3v) is 4.14. The molecule has 0 saturated carbocycles. The summed E-state index contributed by atoms with van der Waals surface area (Å²) < 4.78 is 13.6. The maximum atomic E-state index is 13.6. The SMILES string of the molecule is Cc1ncc(-c2ccccc2)cc1CCNCc1ccccc1F. The topological polar surface area (TPSA) is 24.9 Å². The molecule has 0 aliphatic heterocycles. The molecule has 2 aromatic carbocycles. The summed E-state index contributed by atoms with van der Waals surface area (Å²) >= 11 is 0. The molecule has 122 valence electrons. The molecular formula is C21H21FN2. The van der Waals surface area contributed by atoms with Crippen LogP contribution in [-0.4, -0.2) is 11.5 Å². The van der Waals surface area contributed by atoms with Gasteiger partial charge in [-0.05, 0) is 43.1 Å². The molecule has 0 amide bonds. The van der Waals surface area contributed by atoms with Gasteiger partial charge >= 0.3 is 0 Å². The summed E-state index contributed by atoms with van der Waals surface area (Å²) in [5.74, 6) is -0.158. The number of halogens is 1. The van der Waals surface area contributed by atoms with Crippen molar-refractivity contribution in [2.45, 2.75) is 19.9 Å².